The van der Waals surface area contributed by atoms with Crippen molar-refractivity contribution in [1.82, 2.24) is 15.0 Å². The summed E-state index contributed by atoms with van der Waals surface area (Å²) in [5.74, 6) is 1.09. The van der Waals surface area contributed by atoms with Crippen LogP contribution in [0, 0.1) is 0 Å². The maximum Gasteiger partial charge on any atom is 0.226 e. The van der Waals surface area contributed by atoms with E-state index < -0.39 is 0 Å². The second-order valence-electron chi connectivity index (χ2n) is 11.8. The predicted molar refractivity (Wildman–Crippen MR) is 197 cm³/mol. The Labute approximate surface area is 276 Å². The number of hydrogen-bond acceptors (Lipinski definition) is 3. The summed E-state index contributed by atoms with van der Waals surface area (Å²) in [5, 5.41) is 9.89. The van der Waals surface area contributed by atoms with E-state index in [1.165, 1.54) is 54.4 Å². The minimum atomic E-state index is 0.167. The van der Waals surface area contributed by atoms with Crippen LogP contribution in [0.5, 0.6) is 0 Å². The van der Waals surface area contributed by atoms with Gasteiger partial charge in [-0.05, 0) is 89.1 Å². The van der Waals surface area contributed by atoms with Crippen molar-refractivity contribution in [3.8, 4) is 45.0 Å². The maximum atomic E-state index is 6.49. The second-order valence-corrected chi connectivity index (χ2v) is 12.2. The molecule has 220 valence electrons. The van der Waals surface area contributed by atoms with E-state index in [4.69, 9.17) is 16.6 Å². The third kappa shape index (κ3) is 4.89. The molecule has 0 aliphatic heterocycles. The highest BCUT2D eigenvalue weighted by Gasteiger charge is 2.13. The minimum Gasteiger partial charge on any atom is -0.208 e. The first-order valence-corrected chi connectivity index (χ1v) is 16.0. The van der Waals surface area contributed by atoms with Crippen molar-refractivity contribution in [1.29, 1.82) is 0 Å². The molecule has 0 amide bonds. The molecule has 4 heteroatoms. The Morgan fingerprint density at radius 1 is 0.319 bits per heavy atom. The van der Waals surface area contributed by atoms with E-state index in [-0.39, 0.29) is 5.28 Å². The zero-order chi connectivity index (χ0) is 31.3. The van der Waals surface area contributed by atoms with Gasteiger partial charge in [-0.2, -0.15) is 9.97 Å². The van der Waals surface area contributed by atoms with Crippen molar-refractivity contribution in [2.75, 3.05) is 0 Å². The molecule has 0 atom stereocenters. The van der Waals surface area contributed by atoms with Crippen molar-refractivity contribution in [3.63, 3.8) is 0 Å². The van der Waals surface area contributed by atoms with Gasteiger partial charge in [0.25, 0.3) is 0 Å². The Balaban J connectivity index is 1.08. The molecule has 0 aliphatic carbocycles. The van der Waals surface area contributed by atoms with Crippen molar-refractivity contribution in [2.24, 2.45) is 0 Å². The van der Waals surface area contributed by atoms with E-state index >= 15 is 0 Å². The van der Waals surface area contributed by atoms with Gasteiger partial charge in [0.15, 0.2) is 11.6 Å². The molecule has 0 N–H and O–H groups in total. The van der Waals surface area contributed by atoms with Crippen LogP contribution in [0.25, 0.3) is 88.1 Å². The van der Waals surface area contributed by atoms with Gasteiger partial charge in [-0.15, -0.1) is 0 Å². The van der Waals surface area contributed by atoms with Crippen LogP contribution in [-0.2, 0) is 0 Å². The summed E-state index contributed by atoms with van der Waals surface area (Å²) in [6.07, 6.45) is 0. The average Bonchev–Trinajstić information content (AvgIpc) is 3.13. The minimum absolute atomic E-state index is 0.167. The lowest BCUT2D eigenvalue weighted by atomic mass is 9.93. The Morgan fingerprint density at radius 3 is 1.62 bits per heavy atom. The van der Waals surface area contributed by atoms with Crippen molar-refractivity contribution in [2.45, 2.75) is 0 Å². The number of rotatable bonds is 4. The predicted octanol–water partition coefficient (Wildman–Crippen LogP) is 11.8. The molecule has 0 saturated carbocycles. The standard InChI is InChI=1S/C43H26ClN3/c44-43-46-41(31-20-17-29(18-21-31)36-13-5-9-27-7-1-3-11-35(27)36)45-42(47-43)34-23-24-39-32(25-34)10-6-14-38(39)33-22-19-30-16-15-28-8-2-4-12-37(28)40(30)26-33/h1-26H. The van der Waals surface area contributed by atoms with Crippen LogP contribution in [0.15, 0.2) is 158 Å². The fourth-order valence-electron chi connectivity index (χ4n) is 6.73. The highest BCUT2D eigenvalue weighted by molar-refractivity contribution is 6.28. The monoisotopic (exact) mass is 619 g/mol. The van der Waals surface area contributed by atoms with E-state index in [1.807, 2.05) is 12.1 Å². The van der Waals surface area contributed by atoms with Crippen LogP contribution in [0.2, 0.25) is 5.28 Å². The number of nitrogens with zero attached hydrogens (tertiary/aromatic N) is 3. The summed E-state index contributed by atoms with van der Waals surface area (Å²) < 4.78 is 0. The molecular formula is C43H26ClN3. The van der Waals surface area contributed by atoms with Crippen molar-refractivity contribution in [3.05, 3.63) is 163 Å². The van der Waals surface area contributed by atoms with E-state index in [2.05, 4.69) is 156 Å². The molecular weight excluding hydrogens is 594 g/mol. The number of aromatic nitrogens is 3. The van der Waals surface area contributed by atoms with Crippen LogP contribution in [0.1, 0.15) is 0 Å². The molecule has 3 nitrogen and oxygen atoms in total. The van der Waals surface area contributed by atoms with E-state index in [0.29, 0.717) is 11.6 Å². The summed E-state index contributed by atoms with van der Waals surface area (Å²) in [6, 6.07) is 55.6. The summed E-state index contributed by atoms with van der Waals surface area (Å²) in [5.41, 5.74) is 6.46. The van der Waals surface area contributed by atoms with E-state index in [0.717, 1.165) is 22.1 Å². The van der Waals surface area contributed by atoms with Crippen LogP contribution in [0.4, 0.5) is 0 Å². The zero-order valence-corrected chi connectivity index (χ0v) is 26.0. The normalized spacial score (nSPS) is 11.5. The molecule has 0 fully saturated rings. The van der Waals surface area contributed by atoms with Crippen LogP contribution >= 0.6 is 11.6 Å². The lowest BCUT2D eigenvalue weighted by Gasteiger charge is -2.11. The number of hydrogen-bond donors (Lipinski definition) is 0. The Morgan fingerprint density at radius 2 is 0.830 bits per heavy atom. The van der Waals surface area contributed by atoms with E-state index in [1.54, 1.807) is 0 Å². The fraction of sp³-hybridized carbons (Fsp3) is 0. The first-order chi connectivity index (χ1) is 23.2. The average molecular weight is 620 g/mol. The van der Waals surface area contributed by atoms with Gasteiger partial charge in [-0.3, -0.25) is 0 Å². The molecule has 0 bridgehead atoms. The van der Waals surface area contributed by atoms with Gasteiger partial charge in [0.2, 0.25) is 5.28 Å². The molecule has 0 saturated heterocycles. The second kappa shape index (κ2) is 11.2. The van der Waals surface area contributed by atoms with Gasteiger partial charge in [0.05, 0.1) is 0 Å². The molecule has 1 aromatic heterocycles. The maximum absolute atomic E-state index is 6.49. The van der Waals surface area contributed by atoms with Crippen molar-refractivity contribution < 1.29 is 0 Å². The van der Waals surface area contributed by atoms with Crippen LogP contribution in [-0.4, -0.2) is 15.0 Å². The number of benzene rings is 8. The molecule has 9 rings (SSSR count). The van der Waals surface area contributed by atoms with Gasteiger partial charge < -0.3 is 0 Å². The van der Waals surface area contributed by atoms with Crippen molar-refractivity contribution >= 4 is 54.7 Å². The third-order valence-corrected chi connectivity index (χ3v) is 9.22. The summed E-state index contributed by atoms with van der Waals surface area (Å²) in [4.78, 5) is 13.9. The lowest BCUT2D eigenvalue weighted by Crippen LogP contribution is -1.97. The molecule has 8 aromatic carbocycles. The summed E-state index contributed by atoms with van der Waals surface area (Å²) in [6.45, 7) is 0. The molecule has 47 heavy (non-hydrogen) atoms. The quantitative estimate of drug-likeness (QED) is 0.184. The van der Waals surface area contributed by atoms with Gasteiger partial charge in [-0.25, -0.2) is 4.98 Å². The summed E-state index contributed by atoms with van der Waals surface area (Å²) >= 11 is 6.49. The smallest absolute Gasteiger partial charge is 0.208 e. The van der Waals surface area contributed by atoms with Gasteiger partial charge in [0, 0.05) is 11.1 Å². The Kier molecular flexibility index (Phi) is 6.51. The number of fused-ring (bicyclic) bond motifs is 5. The molecule has 0 spiro atoms. The van der Waals surface area contributed by atoms with Gasteiger partial charge >= 0.3 is 0 Å². The first-order valence-electron chi connectivity index (χ1n) is 15.6. The molecule has 0 radical (unpaired) electrons. The topological polar surface area (TPSA) is 38.7 Å². The first kappa shape index (κ1) is 27.4. The fourth-order valence-corrected chi connectivity index (χ4v) is 6.89. The molecule has 0 unspecified atom stereocenters. The van der Waals surface area contributed by atoms with Gasteiger partial charge in [-0.1, -0.05) is 146 Å². The largest absolute Gasteiger partial charge is 0.226 e. The van der Waals surface area contributed by atoms with E-state index in [9.17, 15) is 0 Å². The molecule has 0 aliphatic rings. The molecule has 9 aromatic rings. The zero-order valence-electron chi connectivity index (χ0n) is 25.2. The highest BCUT2D eigenvalue weighted by Crippen LogP contribution is 2.35. The molecule has 1 heterocycles. The SMILES string of the molecule is Clc1nc(-c2ccc(-c3cccc4ccccc34)cc2)nc(-c2ccc3c(-c4ccc5ccc6ccccc6c5c4)cccc3c2)n1. The Hall–Kier alpha value is -5.90. The lowest BCUT2D eigenvalue weighted by molar-refractivity contribution is 1.07. The highest BCUT2D eigenvalue weighted by atomic mass is 35.5. The van der Waals surface area contributed by atoms with Gasteiger partial charge in [0.1, 0.15) is 0 Å². The number of halogens is 1. The van der Waals surface area contributed by atoms with Crippen LogP contribution < -0.4 is 0 Å². The van der Waals surface area contributed by atoms with Crippen LogP contribution in [0.3, 0.4) is 0 Å². The Bertz CT molecular complexity index is 2640. The summed E-state index contributed by atoms with van der Waals surface area (Å²) in [7, 11) is 0. The third-order valence-electron chi connectivity index (χ3n) is 9.05.